The number of nitrogen functional groups attached to an aromatic ring is 1. The Bertz CT molecular complexity index is 1360. The predicted octanol–water partition coefficient (Wildman–Crippen LogP) is 3.77. The van der Waals surface area contributed by atoms with Gasteiger partial charge in [0, 0.05) is 42.9 Å². The van der Waals surface area contributed by atoms with Crippen molar-refractivity contribution in [3.8, 4) is 0 Å². The molecule has 4 aromatic rings. The van der Waals surface area contributed by atoms with Crippen LogP contribution in [0.4, 0.5) is 27.7 Å². The van der Waals surface area contributed by atoms with Crippen molar-refractivity contribution in [3.05, 3.63) is 71.9 Å². The van der Waals surface area contributed by atoms with Crippen molar-refractivity contribution in [2.45, 2.75) is 19.8 Å². The minimum absolute atomic E-state index is 0.116. The number of carbonyl (C=O) groups excluding carboxylic acids is 2. The number of nitrogens with two attached hydrogens (primary N) is 1. The first-order valence-corrected chi connectivity index (χ1v) is 10.7. The van der Waals surface area contributed by atoms with Gasteiger partial charge in [0.05, 0.1) is 17.4 Å². The van der Waals surface area contributed by atoms with E-state index in [9.17, 15) is 9.59 Å². The molecule has 1 aromatic carbocycles. The van der Waals surface area contributed by atoms with Crippen molar-refractivity contribution in [1.82, 2.24) is 19.6 Å². The van der Waals surface area contributed by atoms with Gasteiger partial charge in [-0.1, -0.05) is 13.8 Å². The summed E-state index contributed by atoms with van der Waals surface area (Å²) in [6.45, 7) is 4.01. The van der Waals surface area contributed by atoms with Crippen LogP contribution in [0.5, 0.6) is 0 Å². The number of fused-ring (bicyclic) bond motifs is 1. The average Bonchev–Trinajstić information content (AvgIpc) is 3.20. The Kier molecular flexibility index (Phi) is 6.13. The normalized spacial score (nSPS) is 11.0. The van der Waals surface area contributed by atoms with Crippen molar-refractivity contribution in [3.63, 3.8) is 0 Å². The molecule has 0 atom stereocenters. The lowest BCUT2D eigenvalue weighted by molar-refractivity contribution is 0.104. The first-order valence-electron chi connectivity index (χ1n) is 10.7. The molecule has 3 heterocycles. The van der Waals surface area contributed by atoms with Crippen LogP contribution in [0.1, 0.15) is 41.4 Å². The highest BCUT2D eigenvalue weighted by molar-refractivity contribution is 6.15. The fourth-order valence-corrected chi connectivity index (χ4v) is 3.60. The van der Waals surface area contributed by atoms with Gasteiger partial charge in [0.2, 0.25) is 0 Å². The van der Waals surface area contributed by atoms with E-state index in [-0.39, 0.29) is 17.5 Å². The van der Waals surface area contributed by atoms with Crippen LogP contribution in [-0.4, -0.2) is 45.5 Å². The molecule has 0 aliphatic carbocycles. The fraction of sp³-hybridized carbons (Fsp3) is 0.208. The molecular weight excluding hydrogens is 432 g/mol. The molecule has 0 saturated carbocycles. The van der Waals surface area contributed by atoms with Gasteiger partial charge >= 0.3 is 6.03 Å². The number of anilines is 4. The van der Waals surface area contributed by atoms with Crippen LogP contribution < -0.4 is 21.3 Å². The Morgan fingerprint density at radius 1 is 1.03 bits per heavy atom. The van der Waals surface area contributed by atoms with Crippen molar-refractivity contribution < 1.29 is 9.59 Å². The molecule has 0 aliphatic heterocycles. The summed E-state index contributed by atoms with van der Waals surface area (Å²) in [5.41, 5.74) is 10.1. The van der Waals surface area contributed by atoms with E-state index in [0.717, 1.165) is 11.4 Å². The average molecular weight is 459 g/mol. The molecule has 0 spiro atoms. The van der Waals surface area contributed by atoms with Crippen LogP contribution in [0, 0.1) is 0 Å². The largest absolute Gasteiger partial charge is 0.382 e. The van der Waals surface area contributed by atoms with E-state index in [2.05, 4.69) is 25.7 Å². The number of rotatable bonds is 6. The second-order valence-corrected chi connectivity index (χ2v) is 8.36. The van der Waals surface area contributed by atoms with Gasteiger partial charge in [-0.2, -0.15) is 5.10 Å². The molecule has 3 aromatic heterocycles. The van der Waals surface area contributed by atoms with Gasteiger partial charge in [-0.05, 0) is 42.3 Å². The Hall–Kier alpha value is -4.47. The summed E-state index contributed by atoms with van der Waals surface area (Å²) >= 11 is 0. The van der Waals surface area contributed by atoms with Crippen LogP contribution in [0.2, 0.25) is 0 Å². The van der Waals surface area contributed by atoms with E-state index < -0.39 is 6.03 Å². The molecule has 10 nitrogen and oxygen atoms in total. The van der Waals surface area contributed by atoms with E-state index >= 15 is 0 Å². The molecule has 4 rings (SSSR count). The van der Waals surface area contributed by atoms with Crippen molar-refractivity contribution in [2.75, 3.05) is 35.4 Å². The highest BCUT2D eigenvalue weighted by Crippen LogP contribution is 2.27. The summed E-state index contributed by atoms with van der Waals surface area (Å²) in [7, 11) is 3.89. The SMILES string of the molecule is CC(C)c1cc(C(=O)c2cncc(NC(=O)Nc3ccc(N(C)C)cc3)c2)c2c(N)ncnn12. The number of hydrogen-bond donors (Lipinski definition) is 3. The van der Waals surface area contributed by atoms with E-state index in [0.29, 0.717) is 28.0 Å². The molecule has 0 unspecified atom stereocenters. The Morgan fingerprint density at radius 3 is 2.41 bits per heavy atom. The number of benzene rings is 1. The van der Waals surface area contributed by atoms with E-state index in [1.54, 1.807) is 16.6 Å². The van der Waals surface area contributed by atoms with Crippen molar-refractivity contribution >= 4 is 40.2 Å². The quantitative estimate of drug-likeness (QED) is 0.375. The summed E-state index contributed by atoms with van der Waals surface area (Å²) < 4.78 is 1.64. The summed E-state index contributed by atoms with van der Waals surface area (Å²) in [5, 5.41) is 9.74. The van der Waals surface area contributed by atoms with Crippen molar-refractivity contribution in [1.29, 1.82) is 0 Å². The van der Waals surface area contributed by atoms with Crippen LogP contribution in [0.3, 0.4) is 0 Å². The number of nitrogens with one attached hydrogen (secondary N) is 2. The molecule has 4 N–H and O–H groups in total. The predicted molar refractivity (Wildman–Crippen MR) is 133 cm³/mol. The van der Waals surface area contributed by atoms with E-state index in [4.69, 9.17) is 5.73 Å². The lowest BCUT2D eigenvalue weighted by Gasteiger charge is -2.13. The summed E-state index contributed by atoms with van der Waals surface area (Å²) in [4.78, 5) is 36.0. The minimum atomic E-state index is -0.446. The summed E-state index contributed by atoms with van der Waals surface area (Å²) in [6, 6.07) is 10.3. The van der Waals surface area contributed by atoms with Gasteiger partial charge in [0.25, 0.3) is 0 Å². The van der Waals surface area contributed by atoms with Crippen LogP contribution in [0.25, 0.3) is 5.52 Å². The summed E-state index contributed by atoms with van der Waals surface area (Å²) in [5.74, 6) is 0.0406. The number of nitrogens with zero attached hydrogens (tertiary/aromatic N) is 5. The number of urea groups is 1. The smallest absolute Gasteiger partial charge is 0.323 e. The number of amides is 2. The van der Waals surface area contributed by atoms with E-state index in [1.165, 1.54) is 18.7 Å². The van der Waals surface area contributed by atoms with Gasteiger partial charge in [0.1, 0.15) is 11.8 Å². The number of ketones is 1. The maximum Gasteiger partial charge on any atom is 0.323 e. The zero-order valence-electron chi connectivity index (χ0n) is 19.4. The highest BCUT2D eigenvalue weighted by Gasteiger charge is 2.22. The third-order valence-corrected chi connectivity index (χ3v) is 5.35. The van der Waals surface area contributed by atoms with Gasteiger partial charge in [-0.25, -0.2) is 14.3 Å². The summed E-state index contributed by atoms with van der Waals surface area (Å²) in [6.07, 6.45) is 4.28. The second kappa shape index (κ2) is 9.18. The molecule has 0 radical (unpaired) electrons. The van der Waals surface area contributed by atoms with Gasteiger partial charge in [0.15, 0.2) is 11.6 Å². The molecule has 2 amide bonds. The molecular formula is C24H26N8O2. The topological polar surface area (TPSA) is 131 Å². The molecule has 34 heavy (non-hydrogen) atoms. The first kappa shape index (κ1) is 22.7. The lowest BCUT2D eigenvalue weighted by Crippen LogP contribution is -2.20. The molecule has 0 aliphatic rings. The first-order chi connectivity index (χ1) is 16.2. The van der Waals surface area contributed by atoms with Crippen LogP contribution in [0.15, 0.2) is 55.1 Å². The van der Waals surface area contributed by atoms with Gasteiger partial charge < -0.3 is 21.3 Å². The third-order valence-electron chi connectivity index (χ3n) is 5.35. The zero-order chi connectivity index (χ0) is 24.4. The Balaban J connectivity index is 1.56. The van der Waals surface area contributed by atoms with Crippen LogP contribution >= 0.6 is 0 Å². The molecule has 0 saturated heterocycles. The number of carbonyl (C=O) groups is 2. The third kappa shape index (κ3) is 4.51. The van der Waals surface area contributed by atoms with Crippen molar-refractivity contribution in [2.24, 2.45) is 0 Å². The maximum atomic E-state index is 13.4. The Labute approximate surface area is 196 Å². The maximum absolute atomic E-state index is 13.4. The monoisotopic (exact) mass is 458 g/mol. The molecule has 0 bridgehead atoms. The second-order valence-electron chi connectivity index (χ2n) is 8.36. The lowest BCUT2D eigenvalue weighted by atomic mass is 10.0. The van der Waals surface area contributed by atoms with E-state index in [1.807, 2.05) is 57.1 Å². The highest BCUT2D eigenvalue weighted by atomic mass is 16.2. The standard InChI is InChI=1S/C24H26N8O2/c1-14(2)20-10-19(21-23(25)27-13-28-32(20)21)22(33)15-9-17(12-26-11-15)30-24(34)29-16-5-7-18(8-6-16)31(3)4/h5-14H,1-4H3,(H2,25,27,28)(H2,29,30,34). The number of aromatic nitrogens is 4. The molecule has 10 heteroatoms. The van der Waals surface area contributed by atoms with Gasteiger partial charge in [-0.3, -0.25) is 9.78 Å². The van der Waals surface area contributed by atoms with Gasteiger partial charge in [-0.15, -0.1) is 0 Å². The minimum Gasteiger partial charge on any atom is -0.382 e. The Morgan fingerprint density at radius 2 is 1.74 bits per heavy atom. The number of pyridine rings is 1. The zero-order valence-corrected chi connectivity index (χ0v) is 19.4. The molecule has 0 fully saturated rings. The molecule has 174 valence electrons. The van der Waals surface area contributed by atoms with Crippen LogP contribution in [-0.2, 0) is 0 Å². The number of hydrogen-bond acceptors (Lipinski definition) is 7. The fourth-order valence-electron chi connectivity index (χ4n) is 3.60.